The average Bonchev–Trinajstić information content (AvgIpc) is 3.54. The third-order valence-electron chi connectivity index (χ3n) is 15.2. The van der Waals surface area contributed by atoms with Gasteiger partial charge in [0.2, 0.25) is 0 Å². The molecule has 2 nitrogen and oxygen atoms in total. The molecular formula is C74H50N2. The molecule has 14 rings (SSSR count). The van der Waals surface area contributed by atoms with E-state index in [2.05, 4.69) is 313 Å². The lowest BCUT2D eigenvalue weighted by molar-refractivity contribution is 1.29. The lowest BCUT2D eigenvalue weighted by Gasteiger charge is -2.32. The van der Waals surface area contributed by atoms with E-state index < -0.39 is 0 Å². The van der Waals surface area contributed by atoms with Gasteiger partial charge in [0.15, 0.2) is 0 Å². The summed E-state index contributed by atoms with van der Waals surface area (Å²) in [6.07, 6.45) is 0. The summed E-state index contributed by atoms with van der Waals surface area (Å²) in [5, 5.41) is 12.0. The standard InChI is InChI=1S/C74H50N2/c1-3-19-55(20-4-1)68-49-59-43-48-72(75(70-37-17-29-53-23-9-13-33-66(53)70)60-44-39-56(40-45-60)64-35-15-27-51-21-7-11-31-62(51)64)74(58-25-5-2-6-26-58)69(59)50-73(68)76(71-38-18-30-54-24-10-14-34-67(54)71)61-46-41-57(42-47-61)65-36-16-28-52-22-8-12-32-63(52)65/h1-50H. The number of benzene rings is 14. The van der Waals surface area contributed by atoms with E-state index in [1.807, 2.05) is 0 Å². The monoisotopic (exact) mass is 966 g/mol. The molecule has 0 heterocycles. The van der Waals surface area contributed by atoms with Crippen LogP contribution in [0.4, 0.5) is 34.1 Å². The summed E-state index contributed by atoms with van der Waals surface area (Å²) < 4.78 is 0. The summed E-state index contributed by atoms with van der Waals surface area (Å²) in [5.41, 5.74) is 15.9. The molecule has 0 saturated carbocycles. The Morgan fingerprint density at radius 1 is 0.184 bits per heavy atom. The minimum absolute atomic E-state index is 1.07. The molecule has 0 aliphatic carbocycles. The summed E-state index contributed by atoms with van der Waals surface area (Å²) in [7, 11) is 0. The van der Waals surface area contributed by atoms with Crippen molar-refractivity contribution >= 4 is 88.0 Å². The zero-order valence-electron chi connectivity index (χ0n) is 41.8. The van der Waals surface area contributed by atoms with Crippen LogP contribution in [0.15, 0.2) is 303 Å². The molecule has 0 saturated heterocycles. The van der Waals surface area contributed by atoms with E-state index in [4.69, 9.17) is 0 Å². The molecule has 356 valence electrons. The van der Waals surface area contributed by atoms with Crippen molar-refractivity contribution in [1.82, 2.24) is 0 Å². The third-order valence-corrected chi connectivity index (χ3v) is 15.2. The van der Waals surface area contributed by atoms with Crippen molar-refractivity contribution in [3.8, 4) is 44.5 Å². The van der Waals surface area contributed by atoms with Gasteiger partial charge in [-0.05, 0) is 131 Å². The van der Waals surface area contributed by atoms with Crippen LogP contribution in [0.1, 0.15) is 0 Å². The maximum absolute atomic E-state index is 2.49. The molecule has 0 spiro atoms. The molecule has 0 amide bonds. The summed E-state index contributed by atoms with van der Waals surface area (Å²) in [4.78, 5) is 4.98. The zero-order valence-corrected chi connectivity index (χ0v) is 41.8. The SMILES string of the molecule is c1ccc(-c2cc3ccc(N(c4ccc(-c5cccc6ccccc56)cc4)c4cccc5ccccc45)c(-c4ccccc4)c3cc2N(c2ccc(-c3cccc4ccccc34)cc2)c2cccc3ccccc23)cc1. The molecule has 0 aliphatic rings. The van der Waals surface area contributed by atoms with E-state index in [-0.39, 0.29) is 0 Å². The van der Waals surface area contributed by atoms with Gasteiger partial charge in [-0.1, -0.05) is 249 Å². The normalized spacial score (nSPS) is 11.4. The van der Waals surface area contributed by atoms with Crippen molar-refractivity contribution in [3.05, 3.63) is 303 Å². The Morgan fingerprint density at radius 2 is 0.566 bits per heavy atom. The van der Waals surface area contributed by atoms with Crippen LogP contribution >= 0.6 is 0 Å². The van der Waals surface area contributed by atoms with Crippen LogP contribution in [0, 0.1) is 0 Å². The summed E-state index contributed by atoms with van der Waals surface area (Å²) in [5.74, 6) is 0. The van der Waals surface area contributed by atoms with Gasteiger partial charge in [0, 0.05) is 33.3 Å². The highest BCUT2D eigenvalue weighted by Gasteiger charge is 2.26. The van der Waals surface area contributed by atoms with Gasteiger partial charge in [-0.25, -0.2) is 0 Å². The van der Waals surface area contributed by atoms with Gasteiger partial charge in [0.1, 0.15) is 0 Å². The van der Waals surface area contributed by atoms with Gasteiger partial charge in [-0.2, -0.15) is 0 Å². The molecule has 2 heteroatoms. The zero-order chi connectivity index (χ0) is 50.4. The van der Waals surface area contributed by atoms with Gasteiger partial charge in [0.05, 0.1) is 22.7 Å². The number of anilines is 6. The maximum Gasteiger partial charge on any atom is 0.0546 e. The fraction of sp³-hybridized carbons (Fsp3) is 0. The van der Waals surface area contributed by atoms with Crippen molar-refractivity contribution in [2.45, 2.75) is 0 Å². The Hall–Kier alpha value is -10.0. The topological polar surface area (TPSA) is 6.48 Å². The van der Waals surface area contributed by atoms with Crippen LogP contribution in [0.2, 0.25) is 0 Å². The predicted molar refractivity (Wildman–Crippen MR) is 325 cm³/mol. The number of nitrogens with zero attached hydrogens (tertiary/aromatic N) is 2. The fourth-order valence-corrected chi connectivity index (χ4v) is 11.6. The highest BCUT2D eigenvalue weighted by molar-refractivity contribution is 6.12. The smallest absolute Gasteiger partial charge is 0.0546 e. The summed E-state index contributed by atoms with van der Waals surface area (Å²) in [6.45, 7) is 0. The van der Waals surface area contributed by atoms with E-state index in [1.165, 1.54) is 65.3 Å². The van der Waals surface area contributed by atoms with Crippen molar-refractivity contribution in [1.29, 1.82) is 0 Å². The molecule has 0 atom stereocenters. The van der Waals surface area contributed by atoms with Gasteiger partial charge in [-0.15, -0.1) is 0 Å². The molecule has 76 heavy (non-hydrogen) atoms. The first-order valence-corrected chi connectivity index (χ1v) is 26.2. The molecule has 14 aromatic carbocycles. The van der Waals surface area contributed by atoms with E-state index in [0.29, 0.717) is 0 Å². The summed E-state index contributed by atoms with van der Waals surface area (Å²) in [6, 6.07) is 111. The predicted octanol–water partition coefficient (Wildman–Crippen LogP) is 21.1. The van der Waals surface area contributed by atoms with E-state index in [1.54, 1.807) is 0 Å². The lowest BCUT2D eigenvalue weighted by atomic mass is 9.90. The van der Waals surface area contributed by atoms with E-state index in [9.17, 15) is 0 Å². The van der Waals surface area contributed by atoms with Crippen LogP contribution < -0.4 is 9.80 Å². The first-order valence-electron chi connectivity index (χ1n) is 26.2. The summed E-state index contributed by atoms with van der Waals surface area (Å²) >= 11 is 0. The number of hydrogen-bond acceptors (Lipinski definition) is 2. The molecule has 0 N–H and O–H groups in total. The maximum atomic E-state index is 2.49. The Balaban J connectivity index is 1.04. The van der Waals surface area contributed by atoms with Crippen LogP contribution in [0.25, 0.3) is 98.4 Å². The second-order valence-corrected chi connectivity index (χ2v) is 19.6. The molecular weight excluding hydrogens is 917 g/mol. The molecule has 0 unspecified atom stereocenters. The van der Waals surface area contributed by atoms with Crippen molar-refractivity contribution in [2.75, 3.05) is 9.80 Å². The number of fused-ring (bicyclic) bond motifs is 5. The van der Waals surface area contributed by atoms with Gasteiger partial charge >= 0.3 is 0 Å². The molecule has 14 aromatic rings. The van der Waals surface area contributed by atoms with Crippen molar-refractivity contribution < 1.29 is 0 Å². The molecule has 0 aromatic heterocycles. The molecule has 0 fully saturated rings. The fourth-order valence-electron chi connectivity index (χ4n) is 11.6. The Kier molecular flexibility index (Phi) is 11.2. The third kappa shape index (κ3) is 7.92. The van der Waals surface area contributed by atoms with Crippen LogP contribution in [0.3, 0.4) is 0 Å². The van der Waals surface area contributed by atoms with Crippen molar-refractivity contribution in [2.24, 2.45) is 0 Å². The minimum Gasteiger partial charge on any atom is -0.309 e. The largest absolute Gasteiger partial charge is 0.309 e. The molecule has 0 bridgehead atoms. The Bertz CT molecular complexity index is 4430. The second kappa shape index (κ2) is 19.1. The Labute approximate surface area is 443 Å². The lowest BCUT2D eigenvalue weighted by Crippen LogP contribution is -2.13. The highest BCUT2D eigenvalue weighted by atomic mass is 15.2. The van der Waals surface area contributed by atoms with Gasteiger partial charge in [0.25, 0.3) is 0 Å². The second-order valence-electron chi connectivity index (χ2n) is 19.6. The van der Waals surface area contributed by atoms with Crippen LogP contribution in [-0.2, 0) is 0 Å². The number of rotatable bonds is 10. The van der Waals surface area contributed by atoms with Crippen molar-refractivity contribution in [3.63, 3.8) is 0 Å². The minimum atomic E-state index is 1.07. The Morgan fingerprint density at radius 3 is 1.07 bits per heavy atom. The van der Waals surface area contributed by atoms with E-state index in [0.717, 1.165) is 67.2 Å². The van der Waals surface area contributed by atoms with E-state index >= 15 is 0 Å². The van der Waals surface area contributed by atoms with Gasteiger partial charge in [-0.3, -0.25) is 0 Å². The molecule has 0 aliphatic heterocycles. The van der Waals surface area contributed by atoms with Crippen LogP contribution in [0.5, 0.6) is 0 Å². The van der Waals surface area contributed by atoms with Crippen LogP contribution in [-0.4, -0.2) is 0 Å². The quantitative estimate of drug-likeness (QED) is 0.135. The average molecular weight is 967 g/mol. The molecule has 0 radical (unpaired) electrons. The highest BCUT2D eigenvalue weighted by Crippen LogP contribution is 2.51. The number of hydrogen-bond donors (Lipinski definition) is 0. The van der Waals surface area contributed by atoms with Gasteiger partial charge < -0.3 is 9.80 Å². The first-order chi connectivity index (χ1) is 37.7. The first kappa shape index (κ1) is 44.7.